The highest BCUT2D eigenvalue weighted by Gasteiger charge is 2.12. The third kappa shape index (κ3) is 5.69. The molecule has 0 aliphatic heterocycles. The van der Waals surface area contributed by atoms with Crippen molar-refractivity contribution >= 4 is 6.03 Å². The normalized spacial score (nSPS) is 11.5. The molecule has 0 heterocycles. The van der Waals surface area contributed by atoms with E-state index in [1.54, 1.807) is 20.3 Å². The van der Waals surface area contributed by atoms with Gasteiger partial charge in [0.05, 0.1) is 26.9 Å². The fraction of sp³-hybridized carbons (Fsp3) is 0.316. The maximum atomic E-state index is 12.1. The number of rotatable bonds is 8. The van der Waals surface area contributed by atoms with E-state index < -0.39 is 0 Å². The van der Waals surface area contributed by atoms with Crippen LogP contribution >= 0.6 is 0 Å². The molecule has 0 unspecified atom stereocenters. The average Bonchev–Trinajstić information content (AvgIpc) is 2.66. The van der Waals surface area contributed by atoms with Crippen LogP contribution in [0.5, 0.6) is 11.5 Å². The number of urea groups is 1. The van der Waals surface area contributed by atoms with E-state index >= 15 is 0 Å². The van der Waals surface area contributed by atoms with Crippen molar-refractivity contribution < 1.29 is 19.4 Å². The van der Waals surface area contributed by atoms with E-state index in [-0.39, 0.29) is 18.7 Å². The van der Waals surface area contributed by atoms with Crippen molar-refractivity contribution in [3.05, 3.63) is 59.7 Å². The Kier molecular flexibility index (Phi) is 7.10. The van der Waals surface area contributed by atoms with Crippen LogP contribution in [0.2, 0.25) is 0 Å². The van der Waals surface area contributed by atoms with Crippen LogP contribution < -0.4 is 20.1 Å². The van der Waals surface area contributed by atoms with Crippen LogP contribution in [0.25, 0.3) is 0 Å². The minimum Gasteiger partial charge on any atom is -0.493 e. The second-order valence-electron chi connectivity index (χ2n) is 5.59. The van der Waals surface area contributed by atoms with E-state index in [0.29, 0.717) is 24.5 Å². The predicted octanol–water partition coefficient (Wildman–Crippen LogP) is 2.11. The molecule has 0 radical (unpaired) electrons. The molecule has 0 aliphatic rings. The number of ether oxygens (including phenoxy) is 2. The second-order valence-corrected chi connectivity index (χ2v) is 5.59. The maximum Gasteiger partial charge on any atom is 0.315 e. The number of amides is 2. The third-order valence-corrected chi connectivity index (χ3v) is 3.78. The number of aliphatic hydroxyl groups is 1. The molecule has 3 N–H and O–H groups in total. The first kappa shape index (κ1) is 18.6. The molecule has 0 spiro atoms. The number of benzene rings is 2. The molecule has 1 atom stereocenters. The molecule has 6 heteroatoms. The standard InChI is InChI=1S/C19H24N2O4/c1-24-17-9-8-15(11-18(17)25-2)12-20-19(23)21-16(13-22)10-14-6-4-3-5-7-14/h3-9,11,16,22H,10,12-13H2,1-2H3,(H2,20,21,23)/t16-/m0/s1. The van der Waals surface area contributed by atoms with Crippen molar-refractivity contribution in [2.24, 2.45) is 0 Å². The Labute approximate surface area is 147 Å². The first-order chi connectivity index (χ1) is 12.2. The summed E-state index contributed by atoms with van der Waals surface area (Å²) in [6.07, 6.45) is 0.571. The van der Waals surface area contributed by atoms with Crippen LogP contribution in [0.15, 0.2) is 48.5 Å². The molecule has 0 fully saturated rings. The summed E-state index contributed by atoms with van der Waals surface area (Å²) in [4.78, 5) is 12.1. The van der Waals surface area contributed by atoms with Gasteiger partial charge in [-0.25, -0.2) is 4.79 Å². The van der Waals surface area contributed by atoms with Gasteiger partial charge < -0.3 is 25.2 Å². The lowest BCUT2D eigenvalue weighted by Crippen LogP contribution is -2.44. The molecule has 0 aromatic heterocycles. The van der Waals surface area contributed by atoms with Gasteiger partial charge in [-0.1, -0.05) is 36.4 Å². The summed E-state index contributed by atoms with van der Waals surface area (Å²) < 4.78 is 10.4. The number of hydrogen-bond acceptors (Lipinski definition) is 4. The van der Waals surface area contributed by atoms with Crippen molar-refractivity contribution in [3.8, 4) is 11.5 Å². The summed E-state index contributed by atoms with van der Waals surface area (Å²) in [5.74, 6) is 1.25. The lowest BCUT2D eigenvalue weighted by atomic mass is 10.1. The zero-order valence-electron chi connectivity index (χ0n) is 14.5. The smallest absolute Gasteiger partial charge is 0.315 e. The summed E-state index contributed by atoms with van der Waals surface area (Å²) in [5.41, 5.74) is 1.94. The van der Waals surface area contributed by atoms with E-state index in [1.807, 2.05) is 42.5 Å². The average molecular weight is 344 g/mol. The molecule has 0 saturated heterocycles. The van der Waals surface area contributed by atoms with Crippen LogP contribution in [0, 0.1) is 0 Å². The molecule has 2 aromatic rings. The van der Waals surface area contributed by atoms with Crippen molar-refractivity contribution in [1.29, 1.82) is 0 Å². The molecule has 25 heavy (non-hydrogen) atoms. The van der Waals surface area contributed by atoms with Gasteiger partial charge in [-0.05, 0) is 29.7 Å². The summed E-state index contributed by atoms with van der Waals surface area (Å²) in [5, 5.41) is 15.0. The van der Waals surface area contributed by atoms with Gasteiger partial charge in [0.15, 0.2) is 11.5 Å². The summed E-state index contributed by atoms with van der Waals surface area (Å²) >= 11 is 0. The molecule has 2 aromatic carbocycles. The van der Waals surface area contributed by atoms with Crippen molar-refractivity contribution in [3.63, 3.8) is 0 Å². The summed E-state index contributed by atoms with van der Waals surface area (Å²) in [7, 11) is 3.14. The molecule has 0 bridgehead atoms. The number of hydrogen-bond donors (Lipinski definition) is 3. The largest absolute Gasteiger partial charge is 0.493 e. The Morgan fingerprint density at radius 1 is 1.04 bits per heavy atom. The van der Waals surface area contributed by atoms with E-state index in [2.05, 4.69) is 10.6 Å². The highest BCUT2D eigenvalue weighted by atomic mass is 16.5. The van der Waals surface area contributed by atoms with Crippen LogP contribution in [0.4, 0.5) is 4.79 Å². The Morgan fingerprint density at radius 3 is 2.40 bits per heavy atom. The monoisotopic (exact) mass is 344 g/mol. The topological polar surface area (TPSA) is 79.8 Å². The maximum absolute atomic E-state index is 12.1. The number of aliphatic hydroxyl groups excluding tert-OH is 1. The summed E-state index contributed by atoms with van der Waals surface area (Å²) in [6, 6.07) is 14.5. The minimum absolute atomic E-state index is 0.126. The number of carbonyl (C=O) groups is 1. The highest BCUT2D eigenvalue weighted by Crippen LogP contribution is 2.27. The number of carbonyl (C=O) groups excluding carboxylic acids is 1. The number of methoxy groups -OCH3 is 2. The van der Waals surface area contributed by atoms with Gasteiger partial charge in [0.25, 0.3) is 0 Å². The van der Waals surface area contributed by atoms with E-state index in [0.717, 1.165) is 11.1 Å². The van der Waals surface area contributed by atoms with Gasteiger partial charge in [0.1, 0.15) is 0 Å². The van der Waals surface area contributed by atoms with E-state index in [4.69, 9.17) is 9.47 Å². The van der Waals surface area contributed by atoms with Gasteiger partial charge in [0.2, 0.25) is 0 Å². The molecule has 0 aliphatic carbocycles. The van der Waals surface area contributed by atoms with Gasteiger partial charge in [-0.15, -0.1) is 0 Å². The third-order valence-electron chi connectivity index (χ3n) is 3.78. The quantitative estimate of drug-likeness (QED) is 0.685. The second kappa shape index (κ2) is 9.54. The molecular formula is C19H24N2O4. The van der Waals surface area contributed by atoms with Gasteiger partial charge >= 0.3 is 6.03 Å². The molecule has 2 rings (SSSR count). The Balaban J connectivity index is 1.87. The van der Waals surface area contributed by atoms with E-state index in [1.165, 1.54) is 0 Å². The zero-order valence-corrected chi connectivity index (χ0v) is 14.5. The fourth-order valence-electron chi connectivity index (χ4n) is 2.47. The van der Waals surface area contributed by atoms with Gasteiger partial charge in [0, 0.05) is 6.54 Å². The van der Waals surface area contributed by atoms with Gasteiger partial charge in [-0.2, -0.15) is 0 Å². The SMILES string of the molecule is COc1ccc(CNC(=O)N[C@H](CO)Cc2ccccc2)cc1OC. The van der Waals surface area contributed by atoms with Crippen molar-refractivity contribution in [2.75, 3.05) is 20.8 Å². The lowest BCUT2D eigenvalue weighted by Gasteiger charge is -2.17. The fourth-order valence-corrected chi connectivity index (χ4v) is 2.47. The zero-order chi connectivity index (χ0) is 18.1. The van der Waals surface area contributed by atoms with Crippen LogP contribution in [0.3, 0.4) is 0 Å². The molecule has 0 saturated carbocycles. The minimum atomic E-state index is -0.340. The van der Waals surface area contributed by atoms with Crippen LogP contribution in [-0.4, -0.2) is 38.0 Å². The van der Waals surface area contributed by atoms with E-state index in [9.17, 15) is 9.90 Å². The van der Waals surface area contributed by atoms with Crippen LogP contribution in [-0.2, 0) is 13.0 Å². The first-order valence-electron chi connectivity index (χ1n) is 8.06. The Hall–Kier alpha value is -2.73. The Bertz CT molecular complexity index is 676. The van der Waals surface area contributed by atoms with Crippen molar-refractivity contribution in [2.45, 2.75) is 19.0 Å². The predicted molar refractivity (Wildman–Crippen MR) is 95.9 cm³/mol. The molecule has 134 valence electrons. The molecule has 6 nitrogen and oxygen atoms in total. The summed E-state index contributed by atoms with van der Waals surface area (Å²) in [6.45, 7) is 0.217. The molecule has 2 amide bonds. The van der Waals surface area contributed by atoms with Crippen molar-refractivity contribution in [1.82, 2.24) is 10.6 Å². The highest BCUT2D eigenvalue weighted by molar-refractivity contribution is 5.74. The lowest BCUT2D eigenvalue weighted by molar-refractivity contribution is 0.215. The number of nitrogens with one attached hydrogen (secondary N) is 2. The Morgan fingerprint density at radius 2 is 1.76 bits per heavy atom. The molecular weight excluding hydrogens is 320 g/mol. The van der Waals surface area contributed by atoms with Gasteiger partial charge in [-0.3, -0.25) is 0 Å². The first-order valence-corrected chi connectivity index (χ1v) is 8.06. The van der Waals surface area contributed by atoms with Crippen LogP contribution in [0.1, 0.15) is 11.1 Å².